The van der Waals surface area contributed by atoms with Crippen LogP contribution in [-0.2, 0) is 6.54 Å². The molecule has 0 unspecified atom stereocenters. The van der Waals surface area contributed by atoms with Gasteiger partial charge in [-0.1, -0.05) is 12.1 Å². The van der Waals surface area contributed by atoms with Crippen molar-refractivity contribution in [1.82, 2.24) is 9.55 Å². The molecule has 1 atom stereocenters. The van der Waals surface area contributed by atoms with Crippen molar-refractivity contribution in [3.05, 3.63) is 48.0 Å². The van der Waals surface area contributed by atoms with Crippen LogP contribution >= 0.6 is 0 Å². The predicted octanol–water partition coefficient (Wildman–Crippen LogP) is 2.29. The Balaban J connectivity index is 1.90. The Morgan fingerprint density at radius 2 is 2.28 bits per heavy atom. The molecule has 2 N–H and O–H groups in total. The minimum Gasteiger partial charge on any atom is -0.492 e. The SMILES string of the molecule is Cc1cccc(OCCn2cncc2[C@@H](C)N)c1. The van der Waals surface area contributed by atoms with E-state index in [-0.39, 0.29) is 6.04 Å². The van der Waals surface area contributed by atoms with Gasteiger partial charge in [-0.25, -0.2) is 4.98 Å². The van der Waals surface area contributed by atoms with Gasteiger partial charge in [-0.3, -0.25) is 0 Å². The standard InChI is InChI=1S/C14H19N3O/c1-11-4-3-5-13(8-11)18-7-6-17-10-16-9-14(17)12(2)15/h3-5,8-10,12H,6-7,15H2,1-2H3/t12-/m1/s1. The average molecular weight is 245 g/mol. The van der Waals surface area contributed by atoms with Gasteiger partial charge in [0.1, 0.15) is 12.4 Å². The monoisotopic (exact) mass is 245 g/mol. The third-order valence-electron chi connectivity index (χ3n) is 2.80. The molecular weight excluding hydrogens is 226 g/mol. The minimum atomic E-state index is -0.00790. The second kappa shape index (κ2) is 5.69. The second-order valence-electron chi connectivity index (χ2n) is 4.47. The molecule has 96 valence electrons. The number of imidazole rings is 1. The first kappa shape index (κ1) is 12.6. The molecule has 0 amide bonds. The van der Waals surface area contributed by atoms with Gasteiger partial charge in [0.2, 0.25) is 0 Å². The van der Waals surface area contributed by atoms with Crippen LogP contribution in [0.5, 0.6) is 5.75 Å². The van der Waals surface area contributed by atoms with E-state index in [2.05, 4.69) is 18.0 Å². The molecule has 0 saturated heterocycles. The summed E-state index contributed by atoms with van der Waals surface area (Å²) in [5, 5.41) is 0. The molecule has 2 rings (SSSR count). The Hall–Kier alpha value is -1.81. The van der Waals surface area contributed by atoms with E-state index in [1.54, 1.807) is 12.5 Å². The van der Waals surface area contributed by atoms with E-state index in [0.29, 0.717) is 6.61 Å². The zero-order valence-corrected chi connectivity index (χ0v) is 10.8. The van der Waals surface area contributed by atoms with Crippen molar-refractivity contribution in [2.24, 2.45) is 5.73 Å². The quantitative estimate of drug-likeness (QED) is 0.879. The van der Waals surface area contributed by atoms with Crippen LogP contribution in [0, 0.1) is 6.92 Å². The molecule has 0 aliphatic heterocycles. The highest BCUT2D eigenvalue weighted by molar-refractivity contribution is 5.27. The van der Waals surface area contributed by atoms with Crippen LogP contribution in [0.15, 0.2) is 36.8 Å². The first-order valence-electron chi connectivity index (χ1n) is 6.12. The van der Waals surface area contributed by atoms with Gasteiger partial charge < -0.3 is 15.0 Å². The molecule has 0 aliphatic rings. The molecule has 0 spiro atoms. The van der Waals surface area contributed by atoms with E-state index in [1.165, 1.54) is 5.56 Å². The summed E-state index contributed by atoms with van der Waals surface area (Å²) in [5.41, 5.74) is 8.09. The molecule has 18 heavy (non-hydrogen) atoms. The predicted molar refractivity (Wildman–Crippen MR) is 71.5 cm³/mol. The average Bonchev–Trinajstić information content (AvgIpc) is 2.77. The van der Waals surface area contributed by atoms with Crippen LogP contribution in [0.2, 0.25) is 0 Å². The number of ether oxygens (including phenoxy) is 1. The Morgan fingerprint density at radius 1 is 1.44 bits per heavy atom. The van der Waals surface area contributed by atoms with Gasteiger partial charge in [-0.05, 0) is 31.5 Å². The molecule has 0 fully saturated rings. The molecule has 4 heteroatoms. The third kappa shape index (κ3) is 3.11. The van der Waals surface area contributed by atoms with Crippen molar-refractivity contribution in [1.29, 1.82) is 0 Å². The smallest absolute Gasteiger partial charge is 0.119 e. The van der Waals surface area contributed by atoms with Gasteiger partial charge in [0, 0.05) is 12.2 Å². The van der Waals surface area contributed by atoms with Gasteiger partial charge in [-0.2, -0.15) is 0 Å². The van der Waals surface area contributed by atoms with E-state index >= 15 is 0 Å². The van der Waals surface area contributed by atoms with Crippen molar-refractivity contribution >= 4 is 0 Å². The number of nitrogens with zero attached hydrogens (tertiary/aromatic N) is 2. The maximum atomic E-state index is 5.86. The normalized spacial score (nSPS) is 12.4. The van der Waals surface area contributed by atoms with E-state index < -0.39 is 0 Å². The first-order valence-corrected chi connectivity index (χ1v) is 6.12. The number of aryl methyl sites for hydroxylation is 1. The van der Waals surface area contributed by atoms with E-state index in [0.717, 1.165) is 18.0 Å². The number of hydrogen-bond donors (Lipinski definition) is 1. The maximum absolute atomic E-state index is 5.86. The van der Waals surface area contributed by atoms with Crippen molar-refractivity contribution in [2.45, 2.75) is 26.4 Å². The van der Waals surface area contributed by atoms with Crippen LogP contribution in [0.3, 0.4) is 0 Å². The lowest BCUT2D eigenvalue weighted by atomic mass is 10.2. The molecule has 1 heterocycles. The Kier molecular flexibility index (Phi) is 3.99. The van der Waals surface area contributed by atoms with Crippen molar-refractivity contribution in [2.75, 3.05) is 6.61 Å². The Morgan fingerprint density at radius 3 is 3.00 bits per heavy atom. The lowest BCUT2D eigenvalue weighted by molar-refractivity contribution is 0.295. The summed E-state index contributed by atoms with van der Waals surface area (Å²) < 4.78 is 7.73. The third-order valence-corrected chi connectivity index (χ3v) is 2.80. The molecule has 1 aromatic carbocycles. The maximum Gasteiger partial charge on any atom is 0.119 e. The lowest BCUT2D eigenvalue weighted by Crippen LogP contribution is -2.15. The summed E-state index contributed by atoms with van der Waals surface area (Å²) in [6, 6.07) is 8.03. The minimum absolute atomic E-state index is 0.00790. The number of nitrogens with two attached hydrogens (primary N) is 1. The van der Waals surface area contributed by atoms with Crippen LogP contribution in [-0.4, -0.2) is 16.2 Å². The van der Waals surface area contributed by atoms with Gasteiger partial charge in [0.15, 0.2) is 0 Å². The summed E-state index contributed by atoms with van der Waals surface area (Å²) in [6.45, 7) is 5.37. The molecule has 0 bridgehead atoms. The van der Waals surface area contributed by atoms with Gasteiger partial charge >= 0.3 is 0 Å². The summed E-state index contributed by atoms with van der Waals surface area (Å²) >= 11 is 0. The largest absolute Gasteiger partial charge is 0.492 e. The van der Waals surface area contributed by atoms with Crippen LogP contribution in [0.25, 0.3) is 0 Å². The summed E-state index contributed by atoms with van der Waals surface area (Å²) in [6.07, 6.45) is 3.59. The fourth-order valence-corrected chi connectivity index (χ4v) is 1.86. The highest BCUT2D eigenvalue weighted by Crippen LogP contribution is 2.13. The number of hydrogen-bond acceptors (Lipinski definition) is 3. The highest BCUT2D eigenvalue weighted by atomic mass is 16.5. The van der Waals surface area contributed by atoms with Crippen LogP contribution < -0.4 is 10.5 Å². The van der Waals surface area contributed by atoms with E-state index in [4.69, 9.17) is 10.5 Å². The Labute approximate surface area is 107 Å². The zero-order valence-electron chi connectivity index (χ0n) is 10.8. The van der Waals surface area contributed by atoms with E-state index in [9.17, 15) is 0 Å². The summed E-state index contributed by atoms with van der Waals surface area (Å²) in [4.78, 5) is 4.11. The van der Waals surface area contributed by atoms with Crippen LogP contribution in [0.4, 0.5) is 0 Å². The fraction of sp³-hybridized carbons (Fsp3) is 0.357. The molecule has 0 aliphatic carbocycles. The summed E-state index contributed by atoms with van der Waals surface area (Å²) in [5.74, 6) is 0.900. The number of rotatable bonds is 5. The van der Waals surface area contributed by atoms with Crippen molar-refractivity contribution < 1.29 is 4.74 Å². The molecular formula is C14H19N3O. The lowest BCUT2D eigenvalue weighted by Gasteiger charge is -2.11. The molecule has 2 aromatic rings. The molecule has 1 aromatic heterocycles. The zero-order chi connectivity index (χ0) is 13.0. The fourth-order valence-electron chi connectivity index (χ4n) is 1.86. The van der Waals surface area contributed by atoms with Gasteiger partial charge in [0.25, 0.3) is 0 Å². The van der Waals surface area contributed by atoms with E-state index in [1.807, 2.05) is 29.7 Å². The number of aromatic nitrogens is 2. The molecule has 0 saturated carbocycles. The number of benzene rings is 1. The highest BCUT2D eigenvalue weighted by Gasteiger charge is 2.06. The topological polar surface area (TPSA) is 53.1 Å². The second-order valence-corrected chi connectivity index (χ2v) is 4.47. The Bertz CT molecular complexity index is 505. The molecule has 4 nitrogen and oxygen atoms in total. The molecule has 0 radical (unpaired) electrons. The van der Waals surface area contributed by atoms with Gasteiger partial charge in [-0.15, -0.1) is 0 Å². The van der Waals surface area contributed by atoms with Crippen LogP contribution in [0.1, 0.15) is 24.2 Å². The summed E-state index contributed by atoms with van der Waals surface area (Å²) in [7, 11) is 0. The van der Waals surface area contributed by atoms with Crippen molar-refractivity contribution in [3.63, 3.8) is 0 Å². The van der Waals surface area contributed by atoms with Gasteiger partial charge in [0.05, 0.1) is 18.6 Å². The first-order chi connectivity index (χ1) is 8.66. The van der Waals surface area contributed by atoms with Crippen molar-refractivity contribution in [3.8, 4) is 5.75 Å².